The molecule has 0 aliphatic rings. The molecule has 0 heterocycles. The van der Waals surface area contributed by atoms with Crippen LogP contribution in [0.4, 0.5) is 0 Å². The summed E-state index contributed by atoms with van der Waals surface area (Å²) in [5.41, 5.74) is 0. The second-order valence-corrected chi connectivity index (χ2v) is 4.87. The summed E-state index contributed by atoms with van der Waals surface area (Å²) in [5, 5.41) is 0. The minimum absolute atomic E-state index is 0.951. The van der Waals surface area contributed by atoms with Gasteiger partial charge in [-0.2, -0.15) is 0 Å². The maximum Gasteiger partial charge on any atom is 0.0466 e. The van der Waals surface area contributed by atoms with Gasteiger partial charge in [0.15, 0.2) is 0 Å². The first-order valence-electron chi connectivity index (χ1n) is 7.60. The average Bonchev–Trinajstić information content (AvgIpc) is 2.35. The lowest BCUT2D eigenvalue weighted by Crippen LogP contribution is -1.97. The highest BCUT2D eigenvalue weighted by molar-refractivity contribution is 4.65. The highest BCUT2D eigenvalue weighted by atomic mass is 16.5. The number of unbranched alkanes of at least 4 members (excludes halogenated alkanes) is 9. The smallest absolute Gasteiger partial charge is 0.0466 e. The molecule has 102 valence electrons. The van der Waals surface area contributed by atoms with Gasteiger partial charge >= 0.3 is 0 Å². The van der Waals surface area contributed by atoms with Crippen molar-refractivity contribution in [3.8, 4) is 0 Å². The SMILES string of the molecule is C=CCCCCCOCCCCCCCCC. The first-order chi connectivity index (χ1) is 8.41. The minimum atomic E-state index is 0.951. The zero-order chi connectivity index (χ0) is 12.6. The maximum absolute atomic E-state index is 5.62. The molecule has 0 N–H and O–H groups in total. The molecule has 0 fully saturated rings. The van der Waals surface area contributed by atoms with Crippen molar-refractivity contribution in [2.24, 2.45) is 0 Å². The van der Waals surface area contributed by atoms with Gasteiger partial charge in [-0.1, -0.05) is 57.9 Å². The largest absolute Gasteiger partial charge is 0.381 e. The summed E-state index contributed by atoms with van der Waals surface area (Å²) in [6.45, 7) is 7.91. The third-order valence-corrected chi connectivity index (χ3v) is 3.09. The molecule has 0 aromatic rings. The number of hydrogen-bond acceptors (Lipinski definition) is 1. The Morgan fingerprint density at radius 1 is 0.765 bits per heavy atom. The molecule has 0 rings (SSSR count). The molecular formula is C16H32O. The van der Waals surface area contributed by atoms with Gasteiger partial charge < -0.3 is 4.74 Å². The number of rotatable bonds is 14. The summed E-state index contributed by atoms with van der Waals surface area (Å²) in [4.78, 5) is 0. The fourth-order valence-electron chi connectivity index (χ4n) is 1.93. The minimum Gasteiger partial charge on any atom is -0.381 e. The molecule has 0 aromatic heterocycles. The summed E-state index contributed by atoms with van der Waals surface area (Å²) in [6.07, 6.45) is 16.5. The van der Waals surface area contributed by atoms with Crippen molar-refractivity contribution < 1.29 is 4.74 Å². The van der Waals surface area contributed by atoms with E-state index in [4.69, 9.17) is 4.74 Å². The van der Waals surface area contributed by atoms with E-state index in [2.05, 4.69) is 13.5 Å². The summed E-state index contributed by atoms with van der Waals surface area (Å²) in [7, 11) is 0. The van der Waals surface area contributed by atoms with Gasteiger partial charge in [-0.25, -0.2) is 0 Å². The Balaban J connectivity index is 2.87. The van der Waals surface area contributed by atoms with Gasteiger partial charge in [-0.3, -0.25) is 0 Å². The van der Waals surface area contributed by atoms with Crippen LogP contribution in [0.25, 0.3) is 0 Å². The molecule has 0 aliphatic heterocycles. The lowest BCUT2D eigenvalue weighted by molar-refractivity contribution is 0.126. The van der Waals surface area contributed by atoms with Gasteiger partial charge in [-0.15, -0.1) is 6.58 Å². The summed E-state index contributed by atoms with van der Waals surface area (Å²) < 4.78 is 5.62. The number of hydrogen-bond donors (Lipinski definition) is 0. The third kappa shape index (κ3) is 15.7. The fraction of sp³-hybridized carbons (Fsp3) is 0.875. The first-order valence-corrected chi connectivity index (χ1v) is 7.60. The van der Waals surface area contributed by atoms with Crippen molar-refractivity contribution in [3.05, 3.63) is 12.7 Å². The van der Waals surface area contributed by atoms with E-state index >= 15 is 0 Å². The van der Waals surface area contributed by atoms with Crippen LogP contribution >= 0.6 is 0 Å². The molecule has 17 heavy (non-hydrogen) atoms. The molecule has 0 spiro atoms. The van der Waals surface area contributed by atoms with E-state index in [9.17, 15) is 0 Å². The van der Waals surface area contributed by atoms with Crippen LogP contribution in [0.2, 0.25) is 0 Å². The molecule has 1 nitrogen and oxygen atoms in total. The Bertz CT molecular complexity index is 142. The predicted molar refractivity (Wildman–Crippen MR) is 77.5 cm³/mol. The van der Waals surface area contributed by atoms with Crippen molar-refractivity contribution in [1.29, 1.82) is 0 Å². The molecule has 0 saturated heterocycles. The van der Waals surface area contributed by atoms with Gasteiger partial charge in [-0.05, 0) is 25.7 Å². The second kappa shape index (κ2) is 15.7. The van der Waals surface area contributed by atoms with E-state index in [1.54, 1.807) is 0 Å². The summed E-state index contributed by atoms with van der Waals surface area (Å²) >= 11 is 0. The highest BCUT2D eigenvalue weighted by Crippen LogP contribution is 2.07. The van der Waals surface area contributed by atoms with Gasteiger partial charge in [0.05, 0.1) is 0 Å². The van der Waals surface area contributed by atoms with Crippen LogP contribution in [-0.4, -0.2) is 13.2 Å². The van der Waals surface area contributed by atoms with E-state index in [0.29, 0.717) is 0 Å². The molecule has 0 atom stereocenters. The molecule has 0 aromatic carbocycles. The Labute approximate surface area is 109 Å². The molecule has 0 amide bonds. The van der Waals surface area contributed by atoms with Crippen LogP contribution in [0, 0.1) is 0 Å². The average molecular weight is 240 g/mol. The van der Waals surface area contributed by atoms with Gasteiger partial charge in [0.2, 0.25) is 0 Å². The van der Waals surface area contributed by atoms with Gasteiger partial charge in [0, 0.05) is 13.2 Å². The summed E-state index contributed by atoms with van der Waals surface area (Å²) in [5.74, 6) is 0. The van der Waals surface area contributed by atoms with Crippen molar-refractivity contribution in [1.82, 2.24) is 0 Å². The van der Waals surface area contributed by atoms with E-state index in [-0.39, 0.29) is 0 Å². The van der Waals surface area contributed by atoms with Crippen LogP contribution in [0.5, 0.6) is 0 Å². The fourth-order valence-corrected chi connectivity index (χ4v) is 1.93. The third-order valence-electron chi connectivity index (χ3n) is 3.09. The molecule has 0 radical (unpaired) electrons. The Morgan fingerprint density at radius 3 is 1.88 bits per heavy atom. The Hall–Kier alpha value is -0.300. The lowest BCUT2D eigenvalue weighted by Gasteiger charge is -2.04. The molecule has 0 aliphatic carbocycles. The molecule has 0 saturated carbocycles. The van der Waals surface area contributed by atoms with Crippen LogP contribution in [0.3, 0.4) is 0 Å². The lowest BCUT2D eigenvalue weighted by atomic mass is 10.1. The Kier molecular flexibility index (Phi) is 15.4. The van der Waals surface area contributed by atoms with Crippen molar-refractivity contribution in [3.63, 3.8) is 0 Å². The van der Waals surface area contributed by atoms with Crippen LogP contribution in [-0.2, 0) is 4.74 Å². The topological polar surface area (TPSA) is 9.23 Å². The highest BCUT2D eigenvalue weighted by Gasteiger charge is 1.92. The molecule has 0 unspecified atom stereocenters. The van der Waals surface area contributed by atoms with E-state index < -0.39 is 0 Å². The van der Waals surface area contributed by atoms with Crippen molar-refractivity contribution in [2.45, 2.75) is 77.6 Å². The van der Waals surface area contributed by atoms with Crippen LogP contribution in [0.1, 0.15) is 77.6 Å². The molecular weight excluding hydrogens is 208 g/mol. The van der Waals surface area contributed by atoms with Gasteiger partial charge in [0.1, 0.15) is 0 Å². The van der Waals surface area contributed by atoms with Gasteiger partial charge in [0.25, 0.3) is 0 Å². The standard InChI is InChI=1S/C16H32O/c1-3-5-7-9-10-12-14-16-17-15-13-11-8-6-4-2/h4H,2-3,5-16H2,1H3. The Morgan fingerprint density at radius 2 is 1.29 bits per heavy atom. The number of allylic oxidation sites excluding steroid dienone is 1. The zero-order valence-electron chi connectivity index (χ0n) is 11.9. The van der Waals surface area contributed by atoms with Crippen molar-refractivity contribution in [2.75, 3.05) is 13.2 Å². The molecule has 0 bridgehead atoms. The monoisotopic (exact) mass is 240 g/mol. The van der Waals surface area contributed by atoms with Crippen LogP contribution in [0.15, 0.2) is 12.7 Å². The quantitative estimate of drug-likeness (QED) is 0.288. The predicted octanol–water partition coefficient (Wildman–Crippen LogP) is 5.50. The van der Waals surface area contributed by atoms with Crippen molar-refractivity contribution >= 4 is 0 Å². The van der Waals surface area contributed by atoms with Crippen LogP contribution < -0.4 is 0 Å². The normalized spacial score (nSPS) is 10.6. The zero-order valence-corrected chi connectivity index (χ0v) is 11.9. The van der Waals surface area contributed by atoms with E-state index in [1.165, 1.54) is 64.2 Å². The number of ether oxygens (including phenoxy) is 1. The second-order valence-electron chi connectivity index (χ2n) is 4.87. The maximum atomic E-state index is 5.62. The van der Waals surface area contributed by atoms with E-state index in [0.717, 1.165) is 19.6 Å². The summed E-state index contributed by atoms with van der Waals surface area (Å²) in [6, 6.07) is 0. The first kappa shape index (κ1) is 16.7. The molecule has 1 heteroatoms. The van der Waals surface area contributed by atoms with E-state index in [1.807, 2.05) is 6.08 Å².